The van der Waals surface area contributed by atoms with Crippen LogP contribution in [-0.2, 0) is 30.3 Å². The smallest absolute Gasteiger partial charge is 0.413 e. The number of carbonyl (C=O) groups is 2. The molecule has 0 aliphatic carbocycles. The summed E-state index contributed by atoms with van der Waals surface area (Å²) in [5, 5.41) is 0. The molecule has 0 spiro atoms. The topological polar surface area (TPSA) is 74.3 Å². The minimum Gasteiger partial charge on any atom is -0.444 e. The Kier molecular flexibility index (Phi) is 7.62. The highest BCUT2D eigenvalue weighted by Crippen LogP contribution is 2.33. The van der Waals surface area contributed by atoms with Crippen molar-refractivity contribution in [2.24, 2.45) is 0 Å². The molecule has 1 fully saturated rings. The number of rotatable bonds is 10. The van der Waals surface area contributed by atoms with E-state index in [2.05, 4.69) is 6.58 Å². The third kappa shape index (κ3) is 4.83. The van der Waals surface area contributed by atoms with Crippen molar-refractivity contribution in [3.05, 3.63) is 48.6 Å². The van der Waals surface area contributed by atoms with Crippen LogP contribution in [0.2, 0.25) is 0 Å². The molecule has 7 nitrogen and oxygen atoms in total. The summed E-state index contributed by atoms with van der Waals surface area (Å²) in [5.74, 6) is -0.444. The molecule has 0 bridgehead atoms. The van der Waals surface area contributed by atoms with Gasteiger partial charge in [0.15, 0.2) is 12.3 Å². The lowest BCUT2D eigenvalue weighted by Gasteiger charge is -2.32. The van der Waals surface area contributed by atoms with E-state index in [0.29, 0.717) is 19.4 Å². The lowest BCUT2D eigenvalue weighted by molar-refractivity contribution is -0.143. The van der Waals surface area contributed by atoms with Crippen LogP contribution >= 0.6 is 0 Å². The Bertz CT molecular complexity index is 605. The number of hydrogen-bond donors (Lipinski definition) is 0. The Hall–Kier alpha value is -2.38. The highest BCUT2D eigenvalue weighted by atomic mass is 16.7. The van der Waals surface area contributed by atoms with E-state index >= 15 is 0 Å². The molecule has 1 aliphatic rings. The highest BCUT2D eigenvalue weighted by molar-refractivity contribution is 5.88. The molecule has 142 valence electrons. The Morgan fingerprint density at radius 2 is 2.15 bits per heavy atom. The number of amides is 1. The third-order valence-corrected chi connectivity index (χ3v) is 4.21. The predicted octanol–water partition coefficient (Wildman–Crippen LogP) is 2.86. The van der Waals surface area contributed by atoms with Gasteiger partial charge in [-0.1, -0.05) is 36.4 Å². The molecule has 7 heteroatoms. The van der Waals surface area contributed by atoms with Gasteiger partial charge in [-0.15, -0.1) is 6.58 Å². The van der Waals surface area contributed by atoms with Crippen LogP contribution in [0.1, 0.15) is 24.8 Å². The molecular weight excluding hydrogens is 338 g/mol. The van der Waals surface area contributed by atoms with Gasteiger partial charge in [0.2, 0.25) is 0 Å². The first kappa shape index (κ1) is 19.9. The van der Waals surface area contributed by atoms with Crippen LogP contribution in [0.5, 0.6) is 0 Å². The van der Waals surface area contributed by atoms with Gasteiger partial charge in [0.25, 0.3) is 0 Å². The lowest BCUT2D eigenvalue weighted by Crippen LogP contribution is -2.51. The fourth-order valence-corrected chi connectivity index (χ4v) is 2.90. The fourth-order valence-electron chi connectivity index (χ4n) is 2.90. The van der Waals surface area contributed by atoms with Crippen molar-refractivity contribution in [3.8, 4) is 0 Å². The second-order valence-corrected chi connectivity index (χ2v) is 5.97. The summed E-state index contributed by atoms with van der Waals surface area (Å²) >= 11 is 0. The van der Waals surface area contributed by atoms with Crippen LogP contribution in [-0.4, -0.2) is 49.7 Å². The largest absolute Gasteiger partial charge is 0.444 e. The van der Waals surface area contributed by atoms with Gasteiger partial charge in [-0.3, -0.25) is 4.90 Å². The second kappa shape index (κ2) is 9.94. The van der Waals surface area contributed by atoms with E-state index in [4.69, 9.17) is 18.9 Å². The zero-order valence-corrected chi connectivity index (χ0v) is 15.0. The van der Waals surface area contributed by atoms with Crippen molar-refractivity contribution in [1.82, 2.24) is 4.90 Å². The molecule has 1 aromatic carbocycles. The third-order valence-electron chi connectivity index (χ3n) is 4.21. The van der Waals surface area contributed by atoms with Gasteiger partial charge in [-0.25, -0.2) is 9.59 Å². The van der Waals surface area contributed by atoms with Crippen molar-refractivity contribution >= 4 is 12.1 Å². The molecule has 2 rings (SSSR count). The quantitative estimate of drug-likeness (QED) is 0.275. The minimum atomic E-state index is -1.11. The van der Waals surface area contributed by atoms with Crippen molar-refractivity contribution in [3.63, 3.8) is 0 Å². The molecule has 0 aromatic heterocycles. The van der Waals surface area contributed by atoms with Gasteiger partial charge in [0.1, 0.15) is 13.4 Å². The van der Waals surface area contributed by atoms with Crippen molar-refractivity contribution in [2.45, 2.75) is 31.4 Å². The lowest BCUT2D eigenvalue weighted by atomic mass is 9.89. The summed E-state index contributed by atoms with van der Waals surface area (Å²) in [5.41, 5.74) is -0.235. The Morgan fingerprint density at radius 3 is 2.85 bits per heavy atom. The van der Waals surface area contributed by atoms with Gasteiger partial charge >= 0.3 is 12.1 Å². The van der Waals surface area contributed by atoms with Crippen molar-refractivity contribution < 1.29 is 28.5 Å². The maximum atomic E-state index is 12.6. The van der Waals surface area contributed by atoms with E-state index < -0.39 is 17.6 Å². The van der Waals surface area contributed by atoms with Gasteiger partial charge < -0.3 is 18.9 Å². The summed E-state index contributed by atoms with van der Waals surface area (Å²) in [4.78, 5) is 26.3. The Balaban J connectivity index is 2.01. The number of ether oxygens (including phenoxy) is 4. The van der Waals surface area contributed by atoms with Gasteiger partial charge in [0.05, 0.1) is 0 Å². The van der Waals surface area contributed by atoms with E-state index in [9.17, 15) is 9.59 Å². The van der Waals surface area contributed by atoms with Crippen LogP contribution in [0.25, 0.3) is 0 Å². The number of nitrogens with zero attached hydrogens (tertiary/aromatic N) is 1. The van der Waals surface area contributed by atoms with Crippen LogP contribution in [0.4, 0.5) is 4.79 Å². The van der Waals surface area contributed by atoms with E-state index in [1.807, 2.05) is 30.3 Å². The Morgan fingerprint density at radius 1 is 1.38 bits per heavy atom. The first-order chi connectivity index (χ1) is 12.6. The molecule has 1 aliphatic heterocycles. The average molecular weight is 363 g/mol. The monoisotopic (exact) mass is 363 g/mol. The highest BCUT2D eigenvalue weighted by Gasteiger charge is 2.52. The SMILES string of the molecule is C=CCC1(CCCOCOC)C(=O)OCN1C(=O)OCc1ccccc1. The maximum Gasteiger partial charge on any atom is 0.413 e. The fraction of sp³-hybridized carbons (Fsp3) is 0.474. The summed E-state index contributed by atoms with van der Waals surface area (Å²) in [6, 6.07) is 9.35. The molecule has 26 heavy (non-hydrogen) atoms. The maximum absolute atomic E-state index is 12.6. The van der Waals surface area contributed by atoms with Gasteiger partial charge in [-0.05, 0) is 24.8 Å². The van der Waals surface area contributed by atoms with Crippen LogP contribution in [0.15, 0.2) is 43.0 Å². The zero-order chi connectivity index (χ0) is 18.8. The predicted molar refractivity (Wildman–Crippen MR) is 94.0 cm³/mol. The van der Waals surface area contributed by atoms with E-state index in [0.717, 1.165) is 5.56 Å². The summed E-state index contributed by atoms with van der Waals surface area (Å²) in [6.07, 6.45) is 2.27. The second-order valence-electron chi connectivity index (χ2n) is 5.97. The van der Waals surface area contributed by atoms with E-state index in [1.54, 1.807) is 6.08 Å². The zero-order valence-electron chi connectivity index (χ0n) is 15.0. The number of benzene rings is 1. The van der Waals surface area contributed by atoms with E-state index in [1.165, 1.54) is 12.0 Å². The van der Waals surface area contributed by atoms with Gasteiger partial charge in [-0.2, -0.15) is 0 Å². The van der Waals surface area contributed by atoms with Crippen molar-refractivity contribution in [2.75, 3.05) is 27.2 Å². The molecule has 1 unspecified atom stereocenters. The molecule has 1 amide bonds. The molecule has 1 heterocycles. The number of methoxy groups -OCH3 is 1. The first-order valence-electron chi connectivity index (χ1n) is 8.47. The molecule has 1 saturated heterocycles. The molecule has 1 aromatic rings. The molecule has 0 radical (unpaired) electrons. The number of cyclic esters (lactones) is 1. The number of esters is 1. The molecule has 1 atom stereocenters. The number of hydrogen-bond acceptors (Lipinski definition) is 6. The van der Waals surface area contributed by atoms with Gasteiger partial charge in [0, 0.05) is 13.7 Å². The van der Waals surface area contributed by atoms with Crippen LogP contribution in [0, 0.1) is 0 Å². The normalized spacial score (nSPS) is 19.3. The first-order valence-corrected chi connectivity index (χ1v) is 8.47. The van der Waals surface area contributed by atoms with Crippen LogP contribution < -0.4 is 0 Å². The number of carbonyl (C=O) groups excluding carboxylic acids is 2. The average Bonchev–Trinajstić information content (AvgIpc) is 2.97. The minimum absolute atomic E-state index is 0.126. The summed E-state index contributed by atoms with van der Waals surface area (Å²) < 4.78 is 20.6. The summed E-state index contributed by atoms with van der Waals surface area (Å²) in [7, 11) is 1.54. The molecular formula is C19H25NO6. The van der Waals surface area contributed by atoms with Crippen molar-refractivity contribution in [1.29, 1.82) is 0 Å². The summed E-state index contributed by atoms with van der Waals surface area (Å²) in [6.45, 7) is 4.31. The Labute approximate surface area is 153 Å². The standard InChI is InChI=1S/C19H25NO6/c1-3-10-19(11-7-12-24-15-23-2)17(21)26-14-20(19)18(22)25-13-16-8-5-4-6-9-16/h3-6,8-9H,1,7,10-15H2,2H3. The van der Waals surface area contributed by atoms with Crippen LogP contribution in [0.3, 0.4) is 0 Å². The molecule has 0 N–H and O–H groups in total. The van der Waals surface area contributed by atoms with E-state index in [-0.39, 0.29) is 26.6 Å². The molecule has 0 saturated carbocycles.